The molecule has 0 bridgehead atoms. The molecular formula is C4H5N2O5P. The molecule has 7 nitrogen and oxygen atoms in total. The fourth-order valence-corrected chi connectivity index (χ4v) is 1.04. The van der Waals surface area contributed by atoms with Gasteiger partial charge in [0, 0.05) is 0 Å². The van der Waals surface area contributed by atoms with Crippen LogP contribution in [-0.2, 0) is 4.57 Å². The van der Waals surface area contributed by atoms with Crippen LogP contribution in [0.15, 0.2) is 6.20 Å². The fourth-order valence-electron chi connectivity index (χ4n) is 0.567. The van der Waals surface area contributed by atoms with E-state index in [0.717, 1.165) is 6.20 Å². The quantitative estimate of drug-likeness (QED) is 0.441. The molecule has 1 aromatic heterocycles. The lowest BCUT2D eigenvalue weighted by atomic mass is 10.5. The smallest absolute Gasteiger partial charge is 0.391 e. The minimum absolute atomic E-state index is 0.353. The molecule has 1 heterocycles. The number of hydrogen-bond donors (Lipinski definition) is 4. The third-order valence-corrected chi connectivity index (χ3v) is 1.85. The third-order valence-electron chi connectivity index (χ3n) is 1.07. The third kappa shape index (κ3) is 1.70. The van der Waals surface area contributed by atoms with E-state index in [1.807, 2.05) is 4.98 Å². The Balaban J connectivity index is 3.08. The number of carbonyl (C=O) groups is 1. The number of aromatic nitrogens is 2. The molecule has 0 aromatic carbocycles. The van der Waals surface area contributed by atoms with E-state index >= 15 is 0 Å². The zero-order valence-electron chi connectivity index (χ0n) is 5.63. The van der Waals surface area contributed by atoms with Crippen molar-refractivity contribution in [3.05, 3.63) is 11.9 Å². The van der Waals surface area contributed by atoms with Crippen molar-refractivity contribution in [1.82, 2.24) is 9.97 Å². The Hall–Kier alpha value is -1.17. The Morgan fingerprint density at radius 2 is 2.17 bits per heavy atom. The number of rotatable bonds is 2. The van der Waals surface area contributed by atoms with Gasteiger partial charge in [-0.2, -0.15) is 0 Å². The van der Waals surface area contributed by atoms with Gasteiger partial charge in [-0.3, -0.25) is 4.57 Å². The van der Waals surface area contributed by atoms with Gasteiger partial charge in [0.25, 0.3) is 0 Å². The van der Waals surface area contributed by atoms with Crippen LogP contribution in [0.1, 0.15) is 10.5 Å². The van der Waals surface area contributed by atoms with Crippen LogP contribution in [0.25, 0.3) is 0 Å². The van der Waals surface area contributed by atoms with Gasteiger partial charge in [0.2, 0.25) is 5.57 Å². The lowest BCUT2D eigenvalue weighted by Gasteiger charge is -1.95. The summed E-state index contributed by atoms with van der Waals surface area (Å²) in [5, 5.41) is 8.34. The van der Waals surface area contributed by atoms with Gasteiger partial charge < -0.3 is 19.9 Å². The molecular weight excluding hydrogens is 187 g/mol. The molecule has 8 heteroatoms. The van der Waals surface area contributed by atoms with E-state index in [-0.39, 0.29) is 5.69 Å². The van der Waals surface area contributed by atoms with Crippen molar-refractivity contribution in [3.8, 4) is 0 Å². The highest BCUT2D eigenvalue weighted by Crippen LogP contribution is 2.30. The first-order valence-electron chi connectivity index (χ1n) is 2.75. The topological polar surface area (TPSA) is 124 Å². The van der Waals surface area contributed by atoms with E-state index in [1.165, 1.54) is 0 Å². The second-order valence-electron chi connectivity index (χ2n) is 1.97. The summed E-state index contributed by atoms with van der Waals surface area (Å²) in [6.45, 7) is 0. The minimum atomic E-state index is -4.47. The fraction of sp³-hybridized carbons (Fsp3) is 0. The highest BCUT2D eigenvalue weighted by molar-refractivity contribution is 7.59. The molecule has 0 aliphatic heterocycles. The van der Waals surface area contributed by atoms with E-state index in [1.54, 1.807) is 0 Å². The van der Waals surface area contributed by atoms with Crippen molar-refractivity contribution in [3.63, 3.8) is 0 Å². The molecule has 0 saturated carbocycles. The number of aromatic amines is 1. The standard InChI is InChI=1S/C4H5N2O5P/c7-3(8)2-1-5-4(6-2)12(9,10)11/h1H,(H,5,6)(H,7,8)(H2,9,10,11). The summed E-state index contributed by atoms with van der Waals surface area (Å²) in [6, 6.07) is 0. The molecule has 0 atom stereocenters. The summed E-state index contributed by atoms with van der Waals surface area (Å²) in [7, 11) is -4.47. The van der Waals surface area contributed by atoms with Crippen LogP contribution in [0.5, 0.6) is 0 Å². The second kappa shape index (κ2) is 2.71. The van der Waals surface area contributed by atoms with Gasteiger partial charge in [-0.1, -0.05) is 0 Å². The predicted octanol–water partition coefficient (Wildman–Crippen LogP) is -1.09. The van der Waals surface area contributed by atoms with Gasteiger partial charge in [-0.25, -0.2) is 9.78 Å². The Morgan fingerprint density at radius 3 is 2.42 bits per heavy atom. The van der Waals surface area contributed by atoms with Gasteiger partial charge in [-0.05, 0) is 0 Å². The largest absolute Gasteiger partial charge is 0.477 e. The van der Waals surface area contributed by atoms with Crippen LogP contribution in [0.4, 0.5) is 0 Å². The molecule has 0 saturated heterocycles. The highest BCUT2D eigenvalue weighted by Gasteiger charge is 2.22. The number of hydrogen-bond acceptors (Lipinski definition) is 3. The molecule has 4 N–H and O–H groups in total. The monoisotopic (exact) mass is 192 g/mol. The van der Waals surface area contributed by atoms with Crippen LogP contribution in [0.2, 0.25) is 0 Å². The summed E-state index contributed by atoms with van der Waals surface area (Å²) in [4.78, 5) is 32.4. The van der Waals surface area contributed by atoms with E-state index in [9.17, 15) is 9.36 Å². The minimum Gasteiger partial charge on any atom is -0.477 e. The maximum Gasteiger partial charge on any atom is 0.391 e. The first kappa shape index (κ1) is 8.92. The normalized spacial score (nSPS) is 11.5. The van der Waals surface area contributed by atoms with Gasteiger partial charge >= 0.3 is 13.6 Å². The summed E-state index contributed by atoms with van der Waals surface area (Å²) >= 11 is 0. The Morgan fingerprint density at radius 1 is 1.58 bits per heavy atom. The first-order valence-corrected chi connectivity index (χ1v) is 4.37. The molecule has 0 amide bonds. The summed E-state index contributed by atoms with van der Waals surface area (Å²) in [5.74, 6) is -1.32. The first-order chi connectivity index (χ1) is 5.41. The average Bonchev–Trinajstić information content (AvgIpc) is 2.30. The summed E-state index contributed by atoms with van der Waals surface area (Å²) < 4.78 is 10.5. The van der Waals surface area contributed by atoms with Crippen LogP contribution < -0.4 is 5.57 Å². The van der Waals surface area contributed by atoms with E-state index in [0.29, 0.717) is 0 Å². The number of carboxylic acids is 1. The van der Waals surface area contributed by atoms with Crippen molar-refractivity contribution >= 4 is 19.1 Å². The van der Waals surface area contributed by atoms with Crippen molar-refractivity contribution < 1.29 is 24.3 Å². The Kier molecular flexibility index (Phi) is 2.01. The number of nitrogens with one attached hydrogen (secondary N) is 1. The molecule has 0 fully saturated rings. The number of aromatic carboxylic acids is 1. The SMILES string of the molecule is O=C(O)c1cnc(P(=O)(O)O)[nH]1. The van der Waals surface area contributed by atoms with Crippen LogP contribution in [0, 0.1) is 0 Å². The number of H-pyrrole nitrogens is 1. The van der Waals surface area contributed by atoms with Crippen LogP contribution in [-0.4, -0.2) is 30.8 Å². The van der Waals surface area contributed by atoms with E-state index in [2.05, 4.69) is 4.98 Å². The van der Waals surface area contributed by atoms with E-state index < -0.39 is 19.1 Å². The highest BCUT2D eigenvalue weighted by atomic mass is 31.2. The van der Waals surface area contributed by atoms with E-state index in [4.69, 9.17) is 14.9 Å². The zero-order chi connectivity index (χ0) is 9.35. The number of nitrogens with zero attached hydrogens (tertiary/aromatic N) is 1. The lowest BCUT2D eigenvalue weighted by molar-refractivity contribution is 0.0691. The van der Waals surface area contributed by atoms with Gasteiger partial charge in [0.1, 0.15) is 5.69 Å². The molecule has 66 valence electrons. The predicted molar refractivity (Wildman–Crippen MR) is 37.2 cm³/mol. The Bertz CT molecular complexity index is 352. The number of carboxylic acid groups (broad SMARTS) is 1. The average molecular weight is 192 g/mol. The van der Waals surface area contributed by atoms with Crippen molar-refractivity contribution in [2.75, 3.05) is 0 Å². The number of imidazole rings is 1. The molecule has 1 aromatic rings. The molecule has 0 aliphatic rings. The molecule has 0 spiro atoms. The molecule has 0 radical (unpaired) electrons. The van der Waals surface area contributed by atoms with Gasteiger partial charge in [0.15, 0.2) is 0 Å². The van der Waals surface area contributed by atoms with Gasteiger partial charge in [0.05, 0.1) is 6.20 Å². The summed E-state index contributed by atoms with van der Waals surface area (Å²) in [5.41, 5.74) is -0.992. The second-order valence-corrected chi connectivity index (χ2v) is 3.48. The van der Waals surface area contributed by atoms with Gasteiger partial charge in [-0.15, -0.1) is 0 Å². The molecule has 12 heavy (non-hydrogen) atoms. The zero-order valence-corrected chi connectivity index (χ0v) is 6.52. The maximum absolute atomic E-state index is 10.5. The maximum atomic E-state index is 10.5. The van der Waals surface area contributed by atoms with Crippen LogP contribution >= 0.6 is 7.60 Å². The summed E-state index contributed by atoms with van der Waals surface area (Å²) in [6.07, 6.45) is 0.844. The molecule has 1 rings (SSSR count). The van der Waals surface area contributed by atoms with Crippen molar-refractivity contribution in [2.45, 2.75) is 0 Å². The van der Waals surface area contributed by atoms with Crippen LogP contribution in [0.3, 0.4) is 0 Å². The molecule has 0 unspecified atom stereocenters. The Labute approximate surface area is 66.2 Å². The lowest BCUT2D eigenvalue weighted by Crippen LogP contribution is -2.09. The van der Waals surface area contributed by atoms with Crippen molar-refractivity contribution in [1.29, 1.82) is 0 Å². The molecule has 0 aliphatic carbocycles. The van der Waals surface area contributed by atoms with Crippen molar-refractivity contribution in [2.24, 2.45) is 0 Å².